The molecule has 2 heterocycles. The van der Waals surface area contributed by atoms with Crippen LogP contribution in [0.4, 0.5) is 10.5 Å². The maximum absolute atomic E-state index is 13.9. The third-order valence-electron chi connectivity index (χ3n) is 6.59. The summed E-state index contributed by atoms with van der Waals surface area (Å²) in [5.41, 5.74) is 4.43. The van der Waals surface area contributed by atoms with E-state index in [9.17, 15) is 14.4 Å². The molecule has 0 aliphatic rings. The molecular formula is C29H36N4O4. The molecule has 8 heteroatoms. The number of carbonyl (C=O) groups excluding carboxylic acids is 2. The van der Waals surface area contributed by atoms with Gasteiger partial charge in [0.2, 0.25) is 0 Å². The van der Waals surface area contributed by atoms with E-state index in [2.05, 4.69) is 35.1 Å². The summed E-state index contributed by atoms with van der Waals surface area (Å²) in [5, 5.41) is 3.91. The van der Waals surface area contributed by atoms with E-state index < -0.39 is 11.7 Å². The van der Waals surface area contributed by atoms with Gasteiger partial charge >= 0.3 is 11.8 Å². The van der Waals surface area contributed by atoms with E-state index >= 15 is 0 Å². The molecule has 0 bridgehead atoms. The highest BCUT2D eigenvalue weighted by Gasteiger charge is 2.23. The predicted octanol–water partition coefficient (Wildman–Crippen LogP) is 5.93. The molecule has 4 aromatic rings. The number of aldehydes is 1. The topological polar surface area (TPSA) is 87.3 Å². The van der Waals surface area contributed by atoms with Gasteiger partial charge in [-0.3, -0.25) is 14.5 Å². The number of ether oxygens (including phenoxy) is 1. The van der Waals surface area contributed by atoms with Gasteiger partial charge in [0.05, 0.1) is 17.6 Å². The van der Waals surface area contributed by atoms with Crippen LogP contribution in [0.3, 0.4) is 0 Å². The standard InChI is InChI=1S/C29H36N4O4/c1-7-9-22(14-15-34)33-23-13-12-21(30-27(35)37-29(3,4)5)16-25(23)32(28(33)36)18-20-17-31(6)24-11-8-10-19(2)26(20)24/h8,10-13,15-17,22H,7,9,14,18H2,1-6H3,(H,30,35). The molecule has 37 heavy (non-hydrogen) atoms. The van der Waals surface area contributed by atoms with Crippen LogP contribution in [-0.4, -0.2) is 31.7 Å². The quantitative estimate of drug-likeness (QED) is 0.301. The molecule has 1 amide bonds. The molecule has 0 aliphatic carbocycles. The fourth-order valence-corrected chi connectivity index (χ4v) is 5.10. The fourth-order valence-electron chi connectivity index (χ4n) is 5.10. The van der Waals surface area contributed by atoms with Gasteiger partial charge in [-0.1, -0.05) is 25.5 Å². The van der Waals surface area contributed by atoms with Crippen molar-refractivity contribution in [2.45, 2.75) is 72.1 Å². The largest absolute Gasteiger partial charge is 0.444 e. The Kier molecular flexibility index (Phi) is 7.30. The minimum Gasteiger partial charge on any atom is -0.444 e. The molecule has 0 saturated heterocycles. The van der Waals surface area contributed by atoms with Crippen molar-refractivity contribution >= 4 is 40.0 Å². The van der Waals surface area contributed by atoms with Crippen LogP contribution < -0.4 is 11.0 Å². The lowest BCUT2D eigenvalue weighted by molar-refractivity contribution is -0.108. The van der Waals surface area contributed by atoms with E-state index in [1.54, 1.807) is 42.0 Å². The van der Waals surface area contributed by atoms with Crippen LogP contribution in [0, 0.1) is 6.92 Å². The Labute approximate surface area is 216 Å². The van der Waals surface area contributed by atoms with Crippen molar-refractivity contribution in [3.05, 3.63) is 64.2 Å². The number of rotatable bonds is 8. The second kappa shape index (κ2) is 10.3. The zero-order valence-electron chi connectivity index (χ0n) is 22.5. The van der Waals surface area contributed by atoms with E-state index in [0.717, 1.165) is 40.3 Å². The summed E-state index contributed by atoms with van der Waals surface area (Å²) in [7, 11) is 2.00. The molecule has 0 spiro atoms. The number of nitrogens with one attached hydrogen (secondary N) is 1. The van der Waals surface area contributed by atoms with Crippen molar-refractivity contribution in [1.29, 1.82) is 0 Å². The second-order valence-corrected chi connectivity index (χ2v) is 10.6. The van der Waals surface area contributed by atoms with Gasteiger partial charge in [-0.25, -0.2) is 9.59 Å². The molecule has 1 N–H and O–H groups in total. The zero-order chi connectivity index (χ0) is 26.9. The molecule has 8 nitrogen and oxygen atoms in total. The average molecular weight is 505 g/mol. The lowest BCUT2D eigenvalue weighted by atomic mass is 10.1. The van der Waals surface area contributed by atoms with Gasteiger partial charge in [0, 0.05) is 42.3 Å². The Morgan fingerprint density at radius 1 is 1.14 bits per heavy atom. The Morgan fingerprint density at radius 3 is 2.57 bits per heavy atom. The van der Waals surface area contributed by atoms with Gasteiger partial charge in [0.25, 0.3) is 0 Å². The third kappa shape index (κ3) is 5.33. The Hall–Kier alpha value is -3.81. The summed E-state index contributed by atoms with van der Waals surface area (Å²) in [5.74, 6) is 0. The van der Waals surface area contributed by atoms with Gasteiger partial charge < -0.3 is 14.1 Å². The monoisotopic (exact) mass is 504 g/mol. The van der Waals surface area contributed by atoms with Gasteiger partial charge in [-0.2, -0.15) is 0 Å². The van der Waals surface area contributed by atoms with Crippen molar-refractivity contribution in [2.24, 2.45) is 7.05 Å². The van der Waals surface area contributed by atoms with Crippen molar-refractivity contribution in [2.75, 3.05) is 5.32 Å². The number of amides is 1. The molecular weight excluding hydrogens is 468 g/mol. The molecule has 0 aliphatic heterocycles. The number of fused-ring (bicyclic) bond motifs is 2. The first-order chi connectivity index (χ1) is 17.5. The van der Waals surface area contributed by atoms with E-state index in [0.29, 0.717) is 24.2 Å². The van der Waals surface area contributed by atoms with Crippen LogP contribution in [0.5, 0.6) is 0 Å². The van der Waals surface area contributed by atoms with E-state index in [1.165, 1.54) is 0 Å². The number of hydrogen-bond donors (Lipinski definition) is 1. The Balaban J connectivity index is 1.88. The molecule has 2 aromatic heterocycles. The summed E-state index contributed by atoms with van der Waals surface area (Å²) >= 11 is 0. The lowest BCUT2D eigenvalue weighted by Crippen LogP contribution is -2.28. The van der Waals surface area contributed by atoms with Crippen molar-refractivity contribution in [3.63, 3.8) is 0 Å². The van der Waals surface area contributed by atoms with Gasteiger partial charge in [-0.05, 0) is 69.5 Å². The first-order valence-electron chi connectivity index (χ1n) is 12.8. The molecule has 2 aromatic carbocycles. The minimum atomic E-state index is -0.631. The predicted molar refractivity (Wildman–Crippen MR) is 147 cm³/mol. The molecule has 0 fully saturated rings. The van der Waals surface area contributed by atoms with Crippen LogP contribution in [0.25, 0.3) is 21.9 Å². The van der Waals surface area contributed by atoms with Crippen molar-refractivity contribution < 1.29 is 14.3 Å². The number of hydrogen-bond acceptors (Lipinski definition) is 4. The molecule has 196 valence electrons. The highest BCUT2D eigenvalue weighted by atomic mass is 16.6. The Morgan fingerprint density at radius 2 is 1.89 bits per heavy atom. The van der Waals surface area contributed by atoms with E-state index in [-0.39, 0.29) is 18.2 Å². The normalized spacial score (nSPS) is 12.7. The number of anilines is 1. The Bertz CT molecular complexity index is 1520. The van der Waals surface area contributed by atoms with Gasteiger partial charge in [0.1, 0.15) is 11.9 Å². The number of benzene rings is 2. The maximum atomic E-state index is 13.9. The fraction of sp³-hybridized carbons (Fsp3) is 0.414. The lowest BCUT2D eigenvalue weighted by Gasteiger charge is -2.19. The molecule has 4 rings (SSSR count). The number of carbonyl (C=O) groups is 2. The average Bonchev–Trinajstić information content (AvgIpc) is 3.27. The van der Waals surface area contributed by atoms with Gasteiger partial charge in [-0.15, -0.1) is 0 Å². The van der Waals surface area contributed by atoms with Crippen LogP contribution in [0.15, 0.2) is 47.4 Å². The van der Waals surface area contributed by atoms with Crippen LogP contribution >= 0.6 is 0 Å². The highest BCUT2D eigenvalue weighted by molar-refractivity contribution is 5.90. The molecule has 1 atom stereocenters. The first kappa shape index (κ1) is 26.3. The summed E-state index contributed by atoms with van der Waals surface area (Å²) in [4.78, 5) is 37.9. The third-order valence-corrected chi connectivity index (χ3v) is 6.59. The SMILES string of the molecule is CCCC(CC=O)n1c(=O)n(Cc2cn(C)c3cccc(C)c23)c2cc(NC(=O)OC(C)(C)C)ccc21. The molecule has 0 radical (unpaired) electrons. The zero-order valence-corrected chi connectivity index (χ0v) is 22.5. The highest BCUT2D eigenvalue weighted by Crippen LogP contribution is 2.29. The summed E-state index contributed by atoms with van der Waals surface area (Å²) in [6.07, 6.45) is 4.20. The van der Waals surface area contributed by atoms with Gasteiger partial charge in [0.15, 0.2) is 0 Å². The van der Waals surface area contributed by atoms with Crippen LogP contribution in [-0.2, 0) is 23.1 Å². The van der Waals surface area contributed by atoms with Crippen molar-refractivity contribution in [1.82, 2.24) is 13.7 Å². The number of aromatic nitrogens is 3. The molecule has 1 unspecified atom stereocenters. The summed E-state index contributed by atoms with van der Waals surface area (Å²) < 4.78 is 11.0. The number of aryl methyl sites for hydroxylation is 2. The second-order valence-electron chi connectivity index (χ2n) is 10.6. The summed E-state index contributed by atoms with van der Waals surface area (Å²) in [6.45, 7) is 9.90. The smallest absolute Gasteiger partial charge is 0.412 e. The number of nitrogens with zero attached hydrogens (tertiary/aromatic N) is 3. The maximum Gasteiger partial charge on any atom is 0.412 e. The first-order valence-corrected chi connectivity index (χ1v) is 12.8. The van der Waals surface area contributed by atoms with Crippen molar-refractivity contribution in [3.8, 4) is 0 Å². The van der Waals surface area contributed by atoms with Crippen LogP contribution in [0.2, 0.25) is 0 Å². The minimum absolute atomic E-state index is 0.171. The van der Waals surface area contributed by atoms with E-state index in [1.807, 2.05) is 26.1 Å². The van der Waals surface area contributed by atoms with Crippen LogP contribution in [0.1, 0.15) is 64.1 Å². The van der Waals surface area contributed by atoms with E-state index in [4.69, 9.17) is 4.74 Å². The summed E-state index contributed by atoms with van der Waals surface area (Å²) in [6, 6.07) is 11.3. The number of imidazole rings is 1. The molecule has 0 saturated carbocycles.